The van der Waals surface area contributed by atoms with Crippen LogP contribution in [0.25, 0.3) is 0 Å². The molecule has 0 aliphatic rings. The molecule has 72 valence electrons. The quantitative estimate of drug-likeness (QED) is 0.690. The number of amides is 1. The number of carbonyl (C=O) groups excluding carboxylic acids is 1. The molecule has 0 aromatic carbocycles. The predicted octanol–water partition coefficient (Wildman–Crippen LogP) is 0.590. The molecule has 14 heavy (non-hydrogen) atoms. The molecular weight excluding hydrogens is 180 g/mol. The number of nitrogens with two attached hydrogens (primary N) is 1. The molecule has 0 spiro atoms. The van der Waals surface area contributed by atoms with Crippen LogP contribution in [-0.2, 0) is 0 Å². The van der Waals surface area contributed by atoms with Crippen molar-refractivity contribution in [2.24, 2.45) is 5.73 Å². The molecule has 2 aromatic heterocycles. The molecule has 2 rings (SSSR count). The summed E-state index contributed by atoms with van der Waals surface area (Å²) in [5.41, 5.74) is 5.38. The van der Waals surface area contributed by atoms with Gasteiger partial charge in [0.15, 0.2) is 0 Å². The number of hydrogen-bond donors (Lipinski definition) is 2. The average Bonchev–Trinajstić information content (AvgIpc) is 2.77. The average molecular weight is 190 g/mol. The van der Waals surface area contributed by atoms with Gasteiger partial charge in [0.2, 0.25) is 5.91 Å². The Hall–Kier alpha value is -2.17. The standard InChI is InChI=1S/C6H6N2O.C3H4N2/c7-6(9)5-2-1-3-8-4-5;1-2-4-5-3-1/h1-4H,(H2,7,9);1-3H,(H,4,5). The first-order valence-electron chi connectivity index (χ1n) is 3.94. The molecule has 0 aliphatic carbocycles. The van der Waals surface area contributed by atoms with Gasteiger partial charge >= 0.3 is 0 Å². The van der Waals surface area contributed by atoms with Gasteiger partial charge in [0.1, 0.15) is 0 Å². The lowest BCUT2D eigenvalue weighted by Gasteiger charge is -1.88. The predicted molar refractivity (Wildman–Crippen MR) is 51.3 cm³/mol. The molecule has 2 aromatic rings. The number of aromatic nitrogens is 3. The Labute approximate surface area is 81.0 Å². The van der Waals surface area contributed by atoms with Crippen molar-refractivity contribution in [3.8, 4) is 0 Å². The van der Waals surface area contributed by atoms with Crippen LogP contribution in [0.5, 0.6) is 0 Å². The van der Waals surface area contributed by atoms with Crippen molar-refractivity contribution in [2.45, 2.75) is 0 Å². The minimum Gasteiger partial charge on any atom is -0.366 e. The maximum Gasteiger partial charge on any atom is 0.250 e. The summed E-state index contributed by atoms with van der Waals surface area (Å²) < 4.78 is 0. The van der Waals surface area contributed by atoms with Crippen LogP contribution in [0.4, 0.5) is 0 Å². The van der Waals surface area contributed by atoms with Gasteiger partial charge in [-0.3, -0.25) is 14.9 Å². The van der Waals surface area contributed by atoms with Gasteiger partial charge in [-0.15, -0.1) is 0 Å². The van der Waals surface area contributed by atoms with Crippen LogP contribution in [0.15, 0.2) is 43.0 Å². The molecule has 0 atom stereocenters. The van der Waals surface area contributed by atoms with E-state index in [1.165, 1.54) is 6.20 Å². The van der Waals surface area contributed by atoms with Crippen LogP contribution >= 0.6 is 0 Å². The molecule has 5 nitrogen and oxygen atoms in total. The molecule has 0 saturated heterocycles. The first-order chi connectivity index (χ1) is 6.80. The third-order valence-corrected chi connectivity index (χ3v) is 1.35. The van der Waals surface area contributed by atoms with E-state index in [0.717, 1.165) is 0 Å². The number of nitrogens with one attached hydrogen (secondary N) is 1. The molecular formula is C9H10N4O. The number of carbonyl (C=O) groups is 1. The Kier molecular flexibility index (Phi) is 3.87. The second kappa shape index (κ2) is 5.47. The smallest absolute Gasteiger partial charge is 0.250 e. The number of rotatable bonds is 1. The number of nitrogens with zero attached hydrogens (tertiary/aromatic N) is 2. The van der Waals surface area contributed by atoms with Gasteiger partial charge in [-0.2, -0.15) is 5.10 Å². The highest BCUT2D eigenvalue weighted by molar-refractivity contribution is 5.92. The zero-order valence-electron chi connectivity index (χ0n) is 7.42. The van der Waals surface area contributed by atoms with E-state index in [1.807, 2.05) is 6.07 Å². The summed E-state index contributed by atoms with van der Waals surface area (Å²) >= 11 is 0. The molecule has 0 radical (unpaired) electrons. The van der Waals surface area contributed by atoms with Crippen LogP contribution in [-0.4, -0.2) is 21.1 Å². The van der Waals surface area contributed by atoms with Gasteiger partial charge in [0.25, 0.3) is 0 Å². The fourth-order valence-corrected chi connectivity index (χ4v) is 0.724. The SMILES string of the molecule is NC(=O)c1cccnc1.c1cn[nH]c1. The minimum atomic E-state index is -0.442. The summed E-state index contributed by atoms with van der Waals surface area (Å²) in [4.78, 5) is 14.1. The van der Waals surface area contributed by atoms with E-state index in [2.05, 4.69) is 15.2 Å². The molecule has 0 bridgehead atoms. The van der Waals surface area contributed by atoms with Crippen LogP contribution in [0.2, 0.25) is 0 Å². The molecule has 0 unspecified atom stereocenters. The first kappa shape index (κ1) is 9.91. The minimum absolute atomic E-state index is 0.442. The Morgan fingerprint density at radius 3 is 2.50 bits per heavy atom. The molecule has 0 saturated carbocycles. The van der Waals surface area contributed by atoms with E-state index in [4.69, 9.17) is 5.73 Å². The highest BCUT2D eigenvalue weighted by Crippen LogP contribution is 1.91. The van der Waals surface area contributed by atoms with Crippen LogP contribution in [0.3, 0.4) is 0 Å². The first-order valence-corrected chi connectivity index (χ1v) is 3.94. The third kappa shape index (κ3) is 3.48. The molecule has 0 aliphatic heterocycles. The van der Waals surface area contributed by atoms with Crippen LogP contribution in [0.1, 0.15) is 10.4 Å². The summed E-state index contributed by atoms with van der Waals surface area (Å²) in [6, 6.07) is 5.12. The van der Waals surface area contributed by atoms with E-state index in [-0.39, 0.29) is 0 Å². The molecule has 1 amide bonds. The summed E-state index contributed by atoms with van der Waals surface area (Å²) in [6.07, 6.45) is 6.48. The topological polar surface area (TPSA) is 84.7 Å². The third-order valence-electron chi connectivity index (χ3n) is 1.35. The van der Waals surface area contributed by atoms with E-state index in [0.29, 0.717) is 5.56 Å². The highest BCUT2D eigenvalue weighted by Gasteiger charge is 1.94. The van der Waals surface area contributed by atoms with Crippen molar-refractivity contribution in [3.05, 3.63) is 48.5 Å². The van der Waals surface area contributed by atoms with Gasteiger partial charge in [0.05, 0.1) is 5.56 Å². The maximum absolute atomic E-state index is 10.4. The van der Waals surface area contributed by atoms with Crippen molar-refractivity contribution < 1.29 is 4.79 Å². The van der Waals surface area contributed by atoms with Gasteiger partial charge in [-0.05, 0) is 18.2 Å². The zero-order valence-corrected chi connectivity index (χ0v) is 7.42. The second-order valence-electron chi connectivity index (χ2n) is 2.37. The Bertz CT molecular complexity index is 340. The van der Waals surface area contributed by atoms with Crippen molar-refractivity contribution >= 4 is 5.91 Å². The number of primary amides is 1. The number of H-pyrrole nitrogens is 1. The lowest BCUT2D eigenvalue weighted by atomic mass is 10.3. The largest absolute Gasteiger partial charge is 0.366 e. The number of aromatic amines is 1. The molecule has 2 heterocycles. The highest BCUT2D eigenvalue weighted by atomic mass is 16.1. The van der Waals surface area contributed by atoms with Crippen molar-refractivity contribution in [3.63, 3.8) is 0 Å². The summed E-state index contributed by atoms with van der Waals surface area (Å²) in [5, 5.41) is 6.21. The number of hydrogen-bond acceptors (Lipinski definition) is 3. The normalized spacial score (nSPS) is 8.57. The lowest BCUT2D eigenvalue weighted by molar-refractivity contribution is 0.1000. The fraction of sp³-hybridized carbons (Fsp3) is 0. The van der Waals surface area contributed by atoms with E-state index in [1.54, 1.807) is 30.7 Å². The van der Waals surface area contributed by atoms with Crippen LogP contribution in [0, 0.1) is 0 Å². The van der Waals surface area contributed by atoms with Crippen molar-refractivity contribution in [2.75, 3.05) is 0 Å². The van der Waals surface area contributed by atoms with Gasteiger partial charge in [-0.25, -0.2) is 0 Å². The Balaban J connectivity index is 0.000000165. The Morgan fingerprint density at radius 1 is 1.36 bits per heavy atom. The molecule has 0 fully saturated rings. The zero-order chi connectivity index (χ0) is 10.2. The van der Waals surface area contributed by atoms with Crippen molar-refractivity contribution in [1.29, 1.82) is 0 Å². The van der Waals surface area contributed by atoms with Crippen LogP contribution < -0.4 is 5.73 Å². The fourth-order valence-electron chi connectivity index (χ4n) is 0.724. The molecule has 5 heteroatoms. The summed E-state index contributed by atoms with van der Waals surface area (Å²) in [6.45, 7) is 0. The van der Waals surface area contributed by atoms with Gasteiger partial charge in [0, 0.05) is 24.8 Å². The molecule has 3 N–H and O–H groups in total. The number of pyridine rings is 1. The summed E-state index contributed by atoms with van der Waals surface area (Å²) in [7, 11) is 0. The second-order valence-corrected chi connectivity index (χ2v) is 2.37. The monoisotopic (exact) mass is 190 g/mol. The van der Waals surface area contributed by atoms with E-state index in [9.17, 15) is 4.79 Å². The Morgan fingerprint density at radius 2 is 2.21 bits per heavy atom. The maximum atomic E-state index is 10.4. The van der Waals surface area contributed by atoms with Gasteiger partial charge < -0.3 is 5.73 Å². The van der Waals surface area contributed by atoms with Crippen molar-refractivity contribution in [1.82, 2.24) is 15.2 Å². The summed E-state index contributed by atoms with van der Waals surface area (Å²) in [5.74, 6) is -0.442. The lowest BCUT2D eigenvalue weighted by Crippen LogP contribution is -2.10. The van der Waals surface area contributed by atoms with E-state index < -0.39 is 5.91 Å². The van der Waals surface area contributed by atoms with Gasteiger partial charge in [-0.1, -0.05) is 0 Å². The van der Waals surface area contributed by atoms with E-state index >= 15 is 0 Å².